The summed E-state index contributed by atoms with van der Waals surface area (Å²) in [5, 5.41) is 0. The maximum Gasteiger partial charge on any atom is 0.313 e. The van der Waals surface area contributed by atoms with Crippen molar-refractivity contribution in [2.24, 2.45) is 0 Å². The number of ether oxygens (including phenoxy) is 1. The van der Waals surface area contributed by atoms with Gasteiger partial charge in [0.1, 0.15) is 12.2 Å². The van der Waals surface area contributed by atoms with Crippen molar-refractivity contribution in [1.82, 2.24) is 9.97 Å². The Morgan fingerprint density at radius 3 is 2.94 bits per heavy atom. The molecule has 2 rings (SSSR count). The number of aromatic nitrogens is 2. The first-order valence-electron chi connectivity index (χ1n) is 5.68. The van der Waals surface area contributed by atoms with Crippen molar-refractivity contribution in [1.29, 1.82) is 0 Å². The van der Waals surface area contributed by atoms with Crippen LogP contribution in [-0.4, -0.2) is 23.0 Å². The third-order valence-electron chi connectivity index (χ3n) is 3.03. The second-order valence-electron chi connectivity index (χ2n) is 4.13. The molecule has 0 radical (unpaired) electrons. The number of hydrogen-bond acceptors (Lipinski definition) is 4. The molecule has 1 aliphatic carbocycles. The lowest BCUT2D eigenvalue weighted by Gasteiger charge is -2.08. The Labute approximate surface area is 95.1 Å². The summed E-state index contributed by atoms with van der Waals surface area (Å²) in [5.74, 6) is 0.833. The van der Waals surface area contributed by atoms with Gasteiger partial charge in [-0.05, 0) is 18.9 Å². The zero-order chi connectivity index (χ0) is 11.4. The van der Waals surface area contributed by atoms with Gasteiger partial charge in [-0.15, -0.1) is 0 Å². The Hall–Kier alpha value is -1.45. The molecule has 1 fully saturated rings. The normalized spacial score (nSPS) is 16.3. The zero-order valence-electron chi connectivity index (χ0n) is 9.48. The number of hydrogen-bond donors (Lipinski definition) is 0. The van der Waals surface area contributed by atoms with Crippen molar-refractivity contribution in [3.8, 4) is 0 Å². The monoisotopic (exact) mass is 220 g/mol. The lowest BCUT2D eigenvalue weighted by molar-refractivity contribution is -0.139. The number of carbonyl (C=O) groups excluding carboxylic acids is 1. The largest absolute Gasteiger partial charge is 0.469 e. The van der Waals surface area contributed by atoms with Crippen LogP contribution >= 0.6 is 0 Å². The fourth-order valence-electron chi connectivity index (χ4n) is 2.15. The van der Waals surface area contributed by atoms with Crippen LogP contribution in [0.3, 0.4) is 0 Å². The molecule has 1 aromatic heterocycles. The summed E-state index contributed by atoms with van der Waals surface area (Å²) in [7, 11) is 1.38. The lowest BCUT2D eigenvalue weighted by atomic mass is 10.0. The molecule has 0 amide bonds. The maximum absolute atomic E-state index is 11.1. The van der Waals surface area contributed by atoms with Gasteiger partial charge in [0.25, 0.3) is 0 Å². The quantitative estimate of drug-likeness (QED) is 0.729. The van der Waals surface area contributed by atoms with Gasteiger partial charge in [0.15, 0.2) is 0 Å². The smallest absolute Gasteiger partial charge is 0.313 e. The highest BCUT2D eigenvalue weighted by Crippen LogP contribution is 2.32. The first kappa shape index (κ1) is 11.0. The molecule has 0 N–H and O–H groups in total. The number of esters is 1. The summed E-state index contributed by atoms with van der Waals surface area (Å²) in [6.45, 7) is 0. The lowest BCUT2D eigenvalue weighted by Crippen LogP contribution is -2.09. The summed E-state index contributed by atoms with van der Waals surface area (Å²) in [4.78, 5) is 19.6. The predicted octanol–water partition coefficient (Wildman–Crippen LogP) is 1.85. The van der Waals surface area contributed by atoms with E-state index in [2.05, 4.69) is 14.7 Å². The van der Waals surface area contributed by atoms with E-state index in [1.807, 2.05) is 6.07 Å². The minimum atomic E-state index is -0.288. The SMILES string of the molecule is COC(=O)Cc1nccc(C2CCCC2)n1. The Bertz CT molecular complexity index is 373. The molecule has 0 aromatic carbocycles. The molecule has 16 heavy (non-hydrogen) atoms. The minimum Gasteiger partial charge on any atom is -0.469 e. The molecule has 1 saturated carbocycles. The van der Waals surface area contributed by atoms with Crippen molar-refractivity contribution in [2.45, 2.75) is 38.0 Å². The Kier molecular flexibility index (Phi) is 3.49. The zero-order valence-corrected chi connectivity index (χ0v) is 9.48. The summed E-state index contributed by atoms with van der Waals surface area (Å²) in [6, 6.07) is 1.96. The van der Waals surface area contributed by atoms with E-state index in [9.17, 15) is 4.79 Å². The van der Waals surface area contributed by atoms with Crippen LogP contribution in [0.25, 0.3) is 0 Å². The summed E-state index contributed by atoms with van der Waals surface area (Å²) >= 11 is 0. The van der Waals surface area contributed by atoms with E-state index < -0.39 is 0 Å². The van der Waals surface area contributed by atoms with Gasteiger partial charge in [0.05, 0.1) is 7.11 Å². The van der Waals surface area contributed by atoms with Gasteiger partial charge in [0.2, 0.25) is 0 Å². The van der Waals surface area contributed by atoms with Crippen LogP contribution in [0.2, 0.25) is 0 Å². The van der Waals surface area contributed by atoms with Gasteiger partial charge in [-0.25, -0.2) is 9.97 Å². The highest BCUT2D eigenvalue weighted by atomic mass is 16.5. The molecular weight excluding hydrogens is 204 g/mol. The second kappa shape index (κ2) is 5.05. The number of carbonyl (C=O) groups is 1. The number of nitrogens with zero attached hydrogens (tertiary/aromatic N) is 2. The Morgan fingerprint density at radius 1 is 1.50 bits per heavy atom. The molecule has 0 unspecified atom stereocenters. The first-order valence-corrected chi connectivity index (χ1v) is 5.68. The van der Waals surface area contributed by atoms with E-state index >= 15 is 0 Å². The van der Waals surface area contributed by atoms with Gasteiger partial charge < -0.3 is 4.74 Å². The molecule has 4 heteroatoms. The van der Waals surface area contributed by atoms with Crippen molar-refractivity contribution in [3.05, 3.63) is 23.8 Å². The molecule has 0 bridgehead atoms. The van der Waals surface area contributed by atoms with Crippen molar-refractivity contribution in [2.75, 3.05) is 7.11 Å². The first-order chi connectivity index (χ1) is 7.79. The molecule has 1 aromatic rings. The molecule has 0 aliphatic heterocycles. The molecule has 86 valence electrons. The summed E-state index contributed by atoms with van der Waals surface area (Å²) < 4.78 is 4.60. The van der Waals surface area contributed by atoms with Crippen molar-refractivity contribution >= 4 is 5.97 Å². The van der Waals surface area contributed by atoms with Crippen LogP contribution in [0, 0.1) is 0 Å². The molecular formula is C12H16N2O2. The van der Waals surface area contributed by atoms with Gasteiger partial charge in [0, 0.05) is 17.8 Å². The molecule has 4 nitrogen and oxygen atoms in total. The molecule has 1 heterocycles. The fourth-order valence-corrected chi connectivity index (χ4v) is 2.15. The standard InChI is InChI=1S/C12H16N2O2/c1-16-12(15)8-11-13-7-6-10(14-11)9-4-2-3-5-9/h6-7,9H,2-5,8H2,1H3. The van der Waals surface area contributed by atoms with Gasteiger partial charge >= 0.3 is 5.97 Å². The van der Waals surface area contributed by atoms with E-state index in [-0.39, 0.29) is 12.4 Å². The van der Waals surface area contributed by atoms with E-state index in [0.717, 1.165) is 5.69 Å². The van der Waals surface area contributed by atoms with Gasteiger partial charge in [-0.1, -0.05) is 12.8 Å². The van der Waals surface area contributed by atoms with Crippen molar-refractivity contribution < 1.29 is 9.53 Å². The fraction of sp³-hybridized carbons (Fsp3) is 0.583. The average Bonchev–Trinajstić information content (AvgIpc) is 2.83. The van der Waals surface area contributed by atoms with E-state index in [1.54, 1.807) is 6.20 Å². The number of methoxy groups -OCH3 is 1. The van der Waals surface area contributed by atoms with Crippen molar-refractivity contribution in [3.63, 3.8) is 0 Å². The highest BCUT2D eigenvalue weighted by molar-refractivity contribution is 5.71. The average molecular weight is 220 g/mol. The van der Waals surface area contributed by atoms with Gasteiger partial charge in [-0.3, -0.25) is 4.79 Å². The predicted molar refractivity (Wildman–Crippen MR) is 59.0 cm³/mol. The third kappa shape index (κ3) is 2.56. The highest BCUT2D eigenvalue weighted by Gasteiger charge is 2.19. The van der Waals surface area contributed by atoms with Gasteiger partial charge in [-0.2, -0.15) is 0 Å². The molecule has 0 saturated heterocycles. The molecule has 0 atom stereocenters. The Balaban J connectivity index is 2.09. The topological polar surface area (TPSA) is 52.1 Å². The summed E-state index contributed by atoms with van der Waals surface area (Å²) in [6.07, 6.45) is 6.86. The van der Waals surface area contributed by atoms with Crippen LogP contribution in [0.4, 0.5) is 0 Å². The second-order valence-corrected chi connectivity index (χ2v) is 4.13. The minimum absolute atomic E-state index is 0.164. The van der Waals surface area contributed by atoms with Crippen LogP contribution in [0.15, 0.2) is 12.3 Å². The van der Waals surface area contributed by atoms with E-state index in [4.69, 9.17) is 0 Å². The Morgan fingerprint density at radius 2 is 2.25 bits per heavy atom. The van der Waals surface area contributed by atoms with Crippen LogP contribution in [0.1, 0.15) is 43.1 Å². The molecule has 0 spiro atoms. The maximum atomic E-state index is 11.1. The van der Waals surface area contributed by atoms with E-state index in [1.165, 1.54) is 32.8 Å². The van der Waals surface area contributed by atoms with Crippen LogP contribution in [0.5, 0.6) is 0 Å². The third-order valence-corrected chi connectivity index (χ3v) is 3.03. The van der Waals surface area contributed by atoms with E-state index in [0.29, 0.717) is 11.7 Å². The molecule has 1 aliphatic rings. The van der Waals surface area contributed by atoms with Crippen LogP contribution < -0.4 is 0 Å². The number of rotatable bonds is 3. The van der Waals surface area contributed by atoms with Crippen LogP contribution in [-0.2, 0) is 16.0 Å². The summed E-state index contributed by atoms with van der Waals surface area (Å²) in [5.41, 5.74) is 1.08.